The lowest BCUT2D eigenvalue weighted by Crippen LogP contribution is -2.36. The van der Waals surface area contributed by atoms with Gasteiger partial charge in [-0.1, -0.05) is 28.1 Å². The predicted octanol–water partition coefficient (Wildman–Crippen LogP) is 6.40. The monoisotopic (exact) mass is 550 g/mol. The third-order valence-electron chi connectivity index (χ3n) is 4.68. The van der Waals surface area contributed by atoms with Crippen molar-refractivity contribution in [2.75, 3.05) is 11.9 Å². The zero-order valence-electron chi connectivity index (χ0n) is 17.1. The number of halogens is 4. The number of hydrogen-bond acceptors (Lipinski definition) is 5. The van der Waals surface area contributed by atoms with Gasteiger partial charge in [0.1, 0.15) is 18.1 Å². The molecule has 0 saturated carbocycles. The van der Waals surface area contributed by atoms with Gasteiger partial charge in [-0.25, -0.2) is 0 Å². The molecule has 0 bridgehead atoms. The molecule has 0 spiro atoms. The maximum atomic E-state index is 13.0. The summed E-state index contributed by atoms with van der Waals surface area (Å²) in [5.74, 6) is -0.864. The minimum Gasteiger partial charge on any atom is -0.457 e. The van der Waals surface area contributed by atoms with Crippen molar-refractivity contribution in [2.45, 2.75) is 6.18 Å². The van der Waals surface area contributed by atoms with Crippen molar-refractivity contribution >= 4 is 56.5 Å². The summed E-state index contributed by atoms with van der Waals surface area (Å²) in [6.07, 6.45) is -3.18. The molecule has 6 nitrogen and oxygen atoms in total. The highest BCUT2D eigenvalue weighted by molar-refractivity contribution is 9.10. The highest BCUT2D eigenvalue weighted by Gasteiger charge is 2.36. The molecule has 174 valence electrons. The van der Waals surface area contributed by atoms with Gasteiger partial charge in [-0.3, -0.25) is 19.3 Å². The van der Waals surface area contributed by atoms with Crippen LogP contribution in [0.1, 0.15) is 11.3 Å². The van der Waals surface area contributed by atoms with Crippen LogP contribution < -0.4 is 5.32 Å². The van der Waals surface area contributed by atoms with Crippen LogP contribution in [-0.4, -0.2) is 28.5 Å². The Morgan fingerprint density at radius 3 is 2.53 bits per heavy atom. The van der Waals surface area contributed by atoms with E-state index >= 15 is 0 Å². The first-order valence-electron chi connectivity index (χ1n) is 9.68. The number of hydrogen-bond donors (Lipinski definition) is 1. The number of imide groups is 1. The van der Waals surface area contributed by atoms with E-state index in [-0.39, 0.29) is 22.0 Å². The molecular formula is C23H14BrF3N2O4S. The summed E-state index contributed by atoms with van der Waals surface area (Å²) < 4.78 is 45.3. The van der Waals surface area contributed by atoms with Crippen LogP contribution in [0, 0.1) is 0 Å². The summed E-state index contributed by atoms with van der Waals surface area (Å²) in [6.45, 7) is -0.467. The van der Waals surface area contributed by atoms with Crippen LogP contribution in [-0.2, 0) is 15.8 Å². The van der Waals surface area contributed by atoms with Gasteiger partial charge in [-0.2, -0.15) is 13.2 Å². The Bertz CT molecular complexity index is 1300. The van der Waals surface area contributed by atoms with Crippen molar-refractivity contribution in [1.82, 2.24) is 4.90 Å². The summed E-state index contributed by atoms with van der Waals surface area (Å²) in [5.41, 5.74) is -0.0916. The third-order valence-corrected chi connectivity index (χ3v) is 6.11. The van der Waals surface area contributed by atoms with Gasteiger partial charge in [0.25, 0.3) is 11.1 Å². The SMILES string of the molecule is O=C(CN1C(=O)S/C(=C/c2ccc(-c3cccc(C(F)(F)F)c3)o2)C1=O)Nc1ccc(Br)cc1. The fourth-order valence-corrected chi connectivity index (χ4v) is 4.16. The highest BCUT2D eigenvalue weighted by atomic mass is 79.9. The van der Waals surface area contributed by atoms with Gasteiger partial charge in [0.15, 0.2) is 0 Å². The molecule has 3 aromatic rings. The van der Waals surface area contributed by atoms with E-state index in [2.05, 4.69) is 21.2 Å². The van der Waals surface area contributed by atoms with Gasteiger partial charge in [-0.15, -0.1) is 0 Å². The Hall–Kier alpha value is -3.31. The quantitative estimate of drug-likeness (QED) is 0.371. The van der Waals surface area contributed by atoms with Crippen LogP contribution in [0.5, 0.6) is 0 Å². The van der Waals surface area contributed by atoms with Crippen molar-refractivity contribution in [3.63, 3.8) is 0 Å². The molecule has 0 unspecified atom stereocenters. The van der Waals surface area contributed by atoms with Crippen molar-refractivity contribution in [2.24, 2.45) is 0 Å². The van der Waals surface area contributed by atoms with Gasteiger partial charge in [0, 0.05) is 21.8 Å². The van der Waals surface area contributed by atoms with Crippen molar-refractivity contribution in [3.05, 3.63) is 81.4 Å². The molecule has 2 heterocycles. The Morgan fingerprint density at radius 2 is 1.82 bits per heavy atom. The first kappa shape index (κ1) is 23.8. The molecule has 11 heteroatoms. The standard InChI is InChI=1S/C23H14BrF3N2O4S/c24-15-4-6-16(7-5-15)28-20(30)12-29-21(31)19(34-22(29)32)11-17-8-9-18(33-17)13-2-1-3-14(10-13)23(25,26)27/h1-11H,12H2,(H,28,30)/b19-11+. The largest absolute Gasteiger partial charge is 0.457 e. The molecular weight excluding hydrogens is 537 g/mol. The average molecular weight is 551 g/mol. The van der Waals surface area contributed by atoms with E-state index in [0.717, 1.165) is 21.5 Å². The summed E-state index contributed by atoms with van der Waals surface area (Å²) in [4.78, 5) is 38.0. The highest BCUT2D eigenvalue weighted by Crippen LogP contribution is 2.35. The number of thioether (sulfide) groups is 1. The minimum absolute atomic E-state index is 0.0337. The van der Waals surface area contributed by atoms with E-state index in [1.54, 1.807) is 24.3 Å². The molecule has 4 rings (SSSR count). The molecule has 0 radical (unpaired) electrons. The molecule has 1 fully saturated rings. The fourth-order valence-electron chi connectivity index (χ4n) is 3.08. The van der Waals surface area contributed by atoms with Crippen LogP contribution in [0.4, 0.5) is 23.7 Å². The zero-order valence-corrected chi connectivity index (χ0v) is 19.5. The van der Waals surface area contributed by atoms with E-state index in [9.17, 15) is 27.6 Å². The fraction of sp³-hybridized carbons (Fsp3) is 0.0870. The molecule has 2 aromatic carbocycles. The van der Waals surface area contributed by atoms with Gasteiger partial charge in [-0.05, 0) is 60.3 Å². The Kier molecular flexibility index (Phi) is 6.67. The van der Waals surface area contributed by atoms with Crippen LogP contribution in [0.3, 0.4) is 0 Å². The lowest BCUT2D eigenvalue weighted by molar-refractivity contribution is -0.137. The number of furan rings is 1. The number of benzene rings is 2. The van der Waals surface area contributed by atoms with Gasteiger partial charge >= 0.3 is 6.18 Å². The average Bonchev–Trinajstić information content (AvgIpc) is 3.35. The second-order valence-electron chi connectivity index (χ2n) is 7.10. The summed E-state index contributed by atoms with van der Waals surface area (Å²) in [6, 6.07) is 14.4. The normalized spacial score (nSPS) is 15.3. The van der Waals surface area contributed by atoms with E-state index in [1.807, 2.05) is 0 Å². The van der Waals surface area contributed by atoms with Crippen LogP contribution in [0.15, 0.2) is 74.5 Å². The Morgan fingerprint density at radius 1 is 1.09 bits per heavy atom. The lowest BCUT2D eigenvalue weighted by atomic mass is 10.1. The molecule has 1 N–H and O–H groups in total. The number of amides is 3. The second-order valence-corrected chi connectivity index (χ2v) is 9.01. The summed E-state index contributed by atoms with van der Waals surface area (Å²) >= 11 is 3.93. The number of carbonyl (C=O) groups is 3. The van der Waals surface area contributed by atoms with Gasteiger partial charge in [0.05, 0.1) is 10.5 Å². The van der Waals surface area contributed by atoms with E-state index in [1.165, 1.54) is 30.3 Å². The number of nitrogens with one attached hydrogen (secondary N) is 1. The predicted molar refractivity (Wildman–Crippen MR) is 125 cm³/mol. The third kappa shape index (κ3) is 5.42. The first-order valence-corrected chi connectivity index (χ1v) is 11.3. The minimum atomic E-state index is -4.49. The molecule has 1 aliphatic rings. The molecule has 1 aliphatic heterocycles. The zero-order chi connectivity index (χ0) is 24.5. The summed E-state index contributed by atoms with van der Waals surface area (Å²) in [7, 11) is 0. The van der Waals surface area contributed by atoms with Crippen LogP contribution in [0.25, 0.3) is 17.4 Å². The topological polar surface area (TPSA) is 79.6 Å². The van der Waals surface area contributed by atoms with Crippen molar-refractivity contribution in [1.29, 1.82) is 0 Å². The number of anilines is 1. The maximum Gasteiger partial charge on any atom is 0.416 e. The van der Waals surface area contributed by atoms with E-state index < -0.39 is 35.3 Å². The van der Waals surface area contributed by atoms with E-state index in [4.69, 9.17) is 4.42 Å². The van der Waals surface area contributed by atoms with E-state index in [0.29, 0.717) is 17.4 Å². The molecule has 3 amide bonds. The number of nitrogens with zero attached hydrogens (tertiary/aromatic N) is 1. The van der Waals surface area contributed by atoms with Crippen molar-refractivity contribution < 1.29 is 32.0 Å². The summed E-state index contributed by atoms with van der Waals surface area (Å²) in [5, 5.41) is 1.99. The number of carbonyl (C=O) groups excluding carboxylic acids is 3. The van der Waals surface area contributed by atoms with Gasteiger partial charge in [0.2, 0.25) is 5.91 Å². The van der Waals surface area contributed by atoms with Crippen LogP contribution in [0.2, 0.25) is 0 Å². The lowest BCUT2D eigenvalue weighted by Gasteiger charge is -2.12. The first-order chi connectivity index (χ1) is 16.1. The second kappa shape index (κ2) is 9.51. The maximum absolute atomic E-state index is 13.0. The Balaban J connectivity index is 1.46. The molecule has 34 heavy (non-hydrogen) atoms. The van der Waals surface area contributed by atoms with Crippen LogP contribution >= 0.6 is 27.7 Å². The van der Waals surface area contributed by atoms with Crippen molar-refractivity contribution in [3.8, 4) is 11.3 Å². The Labute approximate surface area is 203 Å². The smallest absolute Gasteiger partial charge is 0.416 e. The number of alkyl halides is 3. The molecule has 1 saturated heterocycles. The molecule has 0 atom stereocenters. The van der Waals surface area contributed by atoms with Gasteiger partial charge < -0.3 is 9.73 Å². The number of rotatable bonds is 5. The molecule has 0 aliphatic carbocycles. The molecule has 1 aromatic heterocycles.